The van der Waals surface area contributed by atoms with Crippen molar-refractivity contribution in [1.82, 2.24) is 0 Å². The fourth-order valence-electron chi connectivity index (χ4n) is 1.33. The molecule has 0 saturated heterocycles. The Labute approximate surface area is 61.0 Å². The van der Waals surface area contributed by atoms with E-state index in [0.717, 1.165) is 19.3 Å². The molecule has 0 spiro atoms. The van der Waals surface area contributed by atoms with Crippen LogP contribution in [0, 0.1) is 5.92 Å². The van der Waals surface area contributed by atoms with Gasteiger partial charge in [0.15, 0.2) is 0 Å². The molecule has 0 radical (unpaired) electrons. The lowest BCUT2D eigenvalue weighted by Gasteiger charge is -2.27. The third-order valence-electron chi connectivity index (χ3n) is 2.04. The maximum absolute atomic E-state index is 9.14. The van der Waals surface area contributed by atoms with Crippen LogP contribution >= 0.6 is 11.6 Å². The minimum Gasteiger partial charge on any atom is -0.393 e. The van der Waals surface area contributed by atoms with Gasteiger partial charge >= 0.3 is 0 Å². The number of rotatable bonds is 0. The van der Waals surface area contributed by atoms with E-state index < -0.39 is 0 Å². The Morgan fingerprint density at radius 1 is 1.44 bits per heavy atom. The van der Waals surface area contributed by atoms with Gasteiger partial charge in [0.25, 0.3) is 0 Å². The monoisotopic (exact) mass is 148 g/mol. The van der Waals surface area contributed by atoms with Gasteiger partial charge in [-0.15, -0.1) is 11.6 Å². The molecule has 0 bridgehead atoms. The SMILES string of the molecule is CC1CC(O)CCC1Cl. The van der Waals surface area contributed by atoms with Gasteiger partial charge in [-0.2, -0.15) is 0 Å². The lowest BCUT2D eigenvalue weighted by atomic mass is 9.88. The summed E-state index contributed by atoms with van der Waals surface area (Å²) in [6, 6.07) is 0. The third-order valence-corrected chi connectivity index (χ3v) is 2.69. The number of aliphatic hydroxyl groups excluding tert-OH is 1. The van der Waals surface area contributed by atoms with Crippen molar-refractivity contribution < 1.29 is 5.11 Å². The molecule has 9 heavy (non-hydrogen) atoms. The van der Waals surface area contributed by atoms with Gasteiger partial charge in [-0.05, 0) is 25.2 Å². The van der Waals surface area contributed by atoms with Crippen LogP contribution < -0.4 is 0 Å². The molecule has 1 rings (SSSR count). The van der Waals surface area contributed by atoms with Crippen molar-refractivity contribution >= 4 is 11.6 Å². The minimum atomic E-state index is -0.0880. The van der Waals surface area contributed by atoms with Crippen LogP contribution in [0.5, 0.6) is 0 Å². The smallest absolute Gasteiger partial charge is 0.0543 e. The number of aliphatic hydroxyl groups is 1. The molecule has 0 heterocycles. The van der Waals surface area contributed by atoms with E-state index in [0.29, 0.717) is 11.3 Å². The van der Waals surface area contributed by atoms with Crippen molar-refractivity contribution in [1.29, 1.82) is 0 Å². The van der Waals surface area contributed by atoms with E-state index in [1.807, 2.05) is 0 Å². The van der Waals surface area contributed by atoms with E-state index in [1.54, 1.807) is 0 Å². The first-order chi connectivity index (χ1) is 4.20. The fraction of sp³-hybridized carbons (Fsp3) is 1.00. The van der Waals surface area contributed by atoms with Gasteiger partial charge in [0.1, 0.15) is 0 Å². The topological polar surface area (TPSA) is 20.2 Å². The summed E-state index contributed by atoms with van der Waals surface area (Å²) in [5, 5.41) is 9.44. The predicted molar refractivity (Wildman–Crippen MR) is 38.7 cm³/mol. The van der Waals surface area contributed by atoms with Crippen molar-refractivity contribution in [3.63, 3.8) is 0 Å². The van der Waals surface area contributed by atoms with Crippen molar-refractivity contribution in [2.45, 2.75) is 37.7 Å². The molecule has 0 aromatic rings. The van der Waals surface area contributed by atoms with E-state index in [1.165, 1.54) is 0 Å². The average Bonchev–Trinajstić information content (AvgIpc) is 1.80. The summed E-state index contributed by atoms with van der Waals surface area (Å²) in [6.07, 6.45) is 2.66. The normalized spacial score (nSPS) is 45.0. The summed E-state index contributed by atoms with van der Waals surface area (Å²) in [4.78, 5) is 0. The molecule has 0 aliphatic heterocycles. The molecule has 1 aliphatic rings. The van der Waals surface area contributed by atoms with E-state index in [4.69, 9.17) is 16.7 Å². The first-order valence-electron chi connectivity index (χ1n) is 3.52. The Balaban J connectivity index is 2.35. The molecule has 0 amide bonds. The molecule has 0 aromatic carbocycles. The van der Waals surface area contributed by atoms with Crippen LogP contribution in [0.1, 0.15) is 26.2 Å². The van der Waals surface area contributed by atoms with Gasteiger partial charge in [0, 0.05) is 5.38 Å². The molecule has 3 atom stereocenters. The summed E-state index contributed by atoms with van der Waals surface area (Å²) < 4.78 is 0. The highest BCUT2D eigenvalue weighted by Crippen LogP contribution is 2.27. The van der Waals surface area contributed by atoms with Gasteiger partial charge < -0.3 is 5.11 Å². The zero-order valence-corrected chi connectivity index (χ0v) is 6.43. The number of hydrogen-bond donors (Lipinski definition) is 1. The standard InChI is InChI=1S/C7H13ClO/c1-5-4-6(9)2-3-7(5)8/h5-7,9H,2-4H2,1H3. The second-order valence-corrected chi connectivity index (χ2v) is 3.52. The minimum absolute atomic E-state index is 0.0880. The second-order valence-electron chi connectivity index (χ2n) is 2.96. The van der Waals surface area contributed by atoms with Gasteiger partial charge in [0.2, 0.25) is 0 Å². The maximum atomic E-state index is 9.14. The Kier molecular flexibility index (Phi) is 2.36. The molecule has 1 saturated carbocycles. The Bertz CT molecular complexity index is 94.9. The summed E-state index contributed by atoms with van der Waals surface area (Å²) in [7, 11) is 0. The van der Waals surface area contributed by atoms with Crippen LogP contribution in [0.4, 0.5) is 0 Å². The highest BCUT2D eigenvalue weighted by atomic mass is 35.5. The summed E-state index contributed by atoms with van der Waals surface area (Å²) >= 11 is 5.92. The molecular weight excluding hydrogens is 136 g/mol. The highest BCUT2D eigenvalue weighted by molar-refractivity contribution is 6.20. The highest BCUT2D eigenvalue weighted by Gasteiger charge is 2.23. The molecule has 0 aromatic heterocycles. The van der Waals surface area contributed by atoms with Gasteiger partial charge in [-0.3, -0.25) is 0 Å². The number of hydrogen-bond acceptors (Lipinski definition) is 1. The average molecular weight is 149 g/mol. The van der Waals surface area contributed by atoms with Crippen molar-refractivity contribution in [2.24, 2.45) is 5.92 Å². The molecule has 1 nitrogen and oxygen atoms in total. The summed E-state index contributed by atoms with van der Waals surface area (Å²) in [6.45, 7) is 2.10. The van der Waals surface area contributed by atoms with Crippen LogP contribution in [0.25, 0.3) is 0 Å². The zero-order chi connectivity index (χ0) is 6.85. The molecule has 1 N–H and O–H groups in total. The Morgan fingerprint density at radius 2 is 2.11 bits per heavy atom. The van der Waals surface area contributed by atoms with E-state index in [9.17, 15) is 0 Å². The largest absolute Gasteiger partial charge is 0.393 e. The van der Waals surface area contributed by atoms with Gasteiger partial charge in [-0.25, -0.2) is 0 Å². The Hall–Kier alpha value is 0.250. The second kappa shape index (κ2) is 2.89. The number of alkyl halides is 1. The molecule has 3 unspecified atom stereocenters. The van der Waals surface area contributed by atoms with Crippen molar-refractivity contribution in [3.05, 3.63) is 0 Å². The van der Waals surface area contributed by atoms with Crippen molar-refractivity contribution in [2.75, 3.05) is 0 Å². The van der Waals surface area contributed by atoms with E-state index in [2.05, 4.69) is 6.92 Å². The van der Waals surface area contributed by atoms with Gasteiger partial charge in [0.05, 0.1) is 6.10 Å². The Morgan fingerprint density at radius 3 is 2.56 bits per heavy atom. The maximum Gasteiger partial charge on any atom is 0.0543 e. The number of halogens is 1. The molecular formula is C7H13ClO. The van der Waals surface area contributed by atoms with E-state index >= 15 is 0 Å². The van der Waals surface area contributed by atoms with Crippen LogP contribution in [0.15, 0.2) is 0 Å². The molecule has 1 fully saturated rings. The first-order valence-corrected chi connectivity index (χ1v) is 3.96. The lowest BCUT2D eigenvalue weighted by molar-refractivity contribution is 0.108. The zero-order valence-electron chi connectivity index (χ0n) is 5.68. The molecule has 1 aliphatic carbocycles. The lowest BCUT2D eigenvalue weighted by Crippen LogP contribution is -2.26. The van der Waals surface area contributed by atoms with Crippen LogP contribution in [-0.2, 0) is 0 Å². The van der Waals surface area contributed by atoms with Gasteiger partial charge in [-0.1, -0.05) is 6.92 Å². The molecule has 2 heteroatoms. The quantitative estimate of drug-likeness (QED) is 0.520. The van der Waals surface area contributed by atoms with Crippen LogP contribution in [0.2, 0.25) is 0 Å². The van der Waals surface area contributed by atoms with E-state index in [-0.39, 0.29) is 6.10 Å². The first kappa shape index (κ1) is 7.36. The predicted octanol–water partition coefficient (Wildman–Crippen LogP) is 1.77. The summed E-state index contributed by atoms with van der Waals surface area (Å²) in [5.41, 5.74) is 0. The third kappa shape index (κ3) is 1.84. The fourth-order valence-corrected chi connectivity index (χ4v) is 1.56. The van der Waals surface area contributed by atoms with Crippen LogP contribution in [-0.4, -0.2) is 16.6 Å². The summed E-state index contributed by atoms with van der Waals surface area (Å²) in [5.74, 6) is 0.496. The molecule has 54 valence electrons. The van der Waals surface area contributed by atoms with Crippen molar-refractivity contribution in [3.8, 4) is 0 Å². The van der Waals surface area contributed by atoms with Crippen LogP contribution in [0.3, 0.4) is 0 Å².